The number of hydrogen-bond acceptors (Lipinski definition) is 9. The number of amides is 1. The van der Waals surface area contributed by atoms with Gasteiger partial charge in [0.05, 0.1) is 22.3 Å². The molecular weight excluding hydrogens is 514 g/mol. The first kappa shape index (κ1) is 30.0. The number of furan rings is 1. The standard InChI is InChI=1S/C28H41N5O5Si/c1-10-15-33(17-16-32(3)4)28-30-26(35-5)24(27(31-28)36-6)29-25(34)21-13-14-23(37-21)38-22-18-20(39(7,8)9)12-11-19(22)2/h11-14,18H,10,15-17H2,1-9H3,(H,29,34). The number of methoxy groups -OCH3 is 2. The van der Waals surface area contributed by atoms with Gasteiger partial charge in [0, 0.05) is 25.7 Å². The fourth-order valence-corrected chi connectivity index (χ4v) is 4.96. The summed E-state index contributed by atoms with van der Waals surface area (Å²) in [4.78, 5) is 26.4. The van der Waals surface area contributed by atoms with Crippen LogP contribution in [0, 0.1) is 6.92 Å². The molecule has 11 heteroatoms. The lowest BCUT2D eigenvalue weighted by atomic mass is 10.2. The van der Waals surface area contributed by atoms with Gasteiger partial charge in [-0.15, -0.1) is 0 Å². The molecule has 2 heterocycles. The number of carbonyl (C=O) groups is 1. The number of likely N-dealkylation sites (N-methyl/N-ethyl adjacent to an activating group) is 1. The van der Waals surface area contributed by atoms with E-state index in [0.717, 1.165) is 31.6 Å². The quantitative estimate of drug-likeness (QED) is 0.299. The summed E-state index contributed by atoms with van der Waals surface area (Å²) in [6.45, 7) is 13.2. The Hall–Kier alpha value is -3.57. The third-order valence-electron chi connectivity index (χ3n) is 6.12. The van der Waals surface area contributed by atoms with Crippen molar-refractivity contribution in [1.29, 1.82) is 0 Å². The molecule has 0 aliphatic rings. The Balaban J connectivity index is 1.83. The molecule has 1 aromatic carbocycles. The third kappa shape index (κ3) is 7.73. The van der Waals surface area contributed by atoms with Crippen LogP contribution in [0.25, 0.3) is 0 Å². The number of nitrogens with one attached hydrogen (secondary N) is 1. The first-order chi connectivity index (χ1) is 18.5. The Bertz CT molecular complexity index is 1250. The van der Waals surface area contributed by atoms with Crippen LogP contribution in [0.4, 0.5) is 11.6 Å². The van der Waals surface area contributed by atoms with Crippen LogP contribution >= 0.6 is 0 Å². The molecule has 0 aliphatic heterocycles. The van der Waals surface area contributed by atoms with E-state index in [1.54, 1.807) is 12.1 Å². The number of rotatable bonds is 13. The second-order valence-electron chi connectivity index (χ2n) is 10.6. The highest BCUT2D eigenvalue weighted by Gasteiger charge is 2.24. The highest BCUT2D eigenvalue weighted by atomic mass is 28.3. The fourth-order valence-electron chi connectivity index (χ4n) is 3.81. The lowest BCUT2D eigenvalue weighted by Gasteiger charge is -2.25. The maximum absolute atomic E-state index is 13.1. The van der Waals surface area contributed by atoms with Crippen LogP contribution in [0.2, 0.25) is 19.6 Å². The molecule has 0 bridgehead atoms. The first-order valence-corrected chi connectivity index (χ1v) is 16.6. The van der Waals surface area contributed by atoms with Gasteiger partial charge in [0.2, 0.25) is 17.7 Å². The van der Waals surface area contributed by atoms with Gasteiger partial charge in [-0.1, -0.05) is 43.9 Å². The molecule has 1 amide bonds. The van der Waals surface area contributed by atoms with E-state index in [4.69, 9.17) is 18.6 Å². The van der Waals surface area contributed by atoms with E-state index in [9.17, 15) is 4.79 Å². The van der Waals surface area contributed by atoms with E-state index in [1.807, 2.05) is 27.1 Å². The normalized spacial score (nSPS) is 11.4. The lowest BCUT2D eigenvalue weighted by Crippen LogP contribution is -2.37. The Morgan fingerprint density at radius 1 is 1.00 bits per heavy atom. The zero-order valence-electron chi connectivity index (χ0n) is 24.5. The van der Waals surface area contributed by atoms with Gasteiger partial charge in [-0.3, -0.25) is 4.79 Å². The van der Waals surface area contributed by atoms with Crippen molar-refractivity contribution in [2.75, 3.05) is 58.2 Å². The molecule has 39 heavy (non-hydrogen) atoms. The smallest absolute Gasteiger partial charge is 0.291 e. The number of benzene rings is 1. The number of aryl methyl sites for hydroxylation is 1. The van der Waals surface area contributed by atoms with Crippen molar-refractivity contribution in [1.82, 2.24) is 14.9 Å². The minimum absolute atomic E-state index is 0.0655. The number of hydrogen-bond donors (Lipinski definition) is 1. The molecule has 3 aromatic rings. The summed E-state index contributed by atoms with van der Waals surface area (Å²) in [5, 5.41) is 4.05. The number of carbonyl (C=O) groups excluding carboxylic acids is 1. The van der Waals surface area contributed by atoms with Gasteiger partial charge in [0.15, 0.2) is 11.4 Å². The summed E-state index contributed by atoms with van der Waals surface area (Å²) in [5.74, 6) is 1.33. The molecule has 0 saturated heterocycles. The number of nitrogens with zero attached hydrogens (tertiary/aromatic N) is 4. The minimum Gasteiger partial charge on any atom is -0.479 e. The van der Waals surface area contributed by atoms with E-state index in [2.05, 4.69) is 63.8 Å². The summed E-state index contributed by atoms with van der Waals surface area (Å²) in [6, 6.07) is 9.42. The second kappa shape index (κ2) is 13.0. The Morgan fingerprint density at radius 2 is 1.67 bits per heavy atom. The highest BCUT2D eigenvalue weighted by Crippen LogP contribution is 2.34. The van der Waals surface area contributed by atoms with E-state index in [-0.39, 0.29) is 29.2 Å². The van der Waals surface area contributed by atoms with Crippen molar-refractivity contribution in [2.24, 2.45) is 0 Å². The van der Waals surface area contributed by atoms with Crippen molar-refractivity contribution in [3.05, 3.63) is 41.7 Å². The van der Waals surface area contributed by atoms with Crippen LogP contribution in [0.3, 0.4) is 0 Å². The van der Waals surface area contributed by atoms with E-state index >= 15 is 0 Å². The molecule has 3 rings (SSSR count). The van der Waals surface area contributed by atoms with Crippen LogP contribution in [-0.4, -0.2) is 76.8 Å². The number of aromatic nitrogens is 2. The second-order valence-corrected chi connectivity index (χ2v) is 15.7. The summed E-state index contributed by atoms with van der Waals surface area (Å²) < 4.78 is 22.8. The molecule has 10 nitrogen and oxygen atoms in total. The zero-order chi connectivity index (χ0) is 28.7. The minimum atomic E-state index is -1.52. The molecule has 0 radical (unpaired) electrons. The van der Waals surface area contributed by atoms with Gasteiger partial charge in [-0.25, -0.2) is 0 Å². The predicted octanol–water partition coefficient (Wildman–Crippen LogP) is 4.76. The van der Waals surface area contributed by atoms with E-state index in [1.165, 1.54) is 19.4 Å². The molecule has 0 fully saturated rings. The number of ether oxygens (including phenoxy) is 3. The van der Waals surface area contributed by atoms with Crippen molar-refractivity contribution >= 4 is 30.8 Å². The SMILES string of the molecule is CCCN(CCN(C)C)c1nc(OC)c(NC(=O)c2ccc(Oc3cc([Si](C)(C)C)ccc3C)o2)c(OC)n1. The van der Waals surface area contributed by atoms with Crippen LogP contribution in [0.15, 0.2) is 34.7 Å². The first-order valence-electron chi connectivity index (χ1n) is 13.1. The average molecular weight is 556 g/mol. The van der Waals surface area contributed by atoms with E-state index in [0.29, 0.717) is 11.7 Å². The summed E-state index contributed by atoms with van der Waals surface area (Å²) >= 11 is 0. The topological polar surface area (TPSA) is 102 Å². The molecule has 0 spiro atoms. The summed E-state index contributed by atoms with van der Waals surface area (Å²) in [6.07, 6.45) is 0.921. The molecule has 0 unspecified atom stereocenters. The van der Waals surface area contributed by atoms with Crippen molar-refractivity contribution in [3.63, 3.8) is 0 Å². The molecule has 0 aliphatic carbocycles. The lowest BCUT2D eigenvalue weighted by molar-refractivity contribution is 0.0990. The largest absolute Gasteiger partial charge is 0.479 e. The van der Waals surface area contributed by atoms with Crippen molar-refractivity contribution < 1.29 is 23.4 Å². The van der Waals surface area contributed by atoms with Gasteiger partial charge >= 0.3 is 0 Å². The van der Waals surface area contributed by atoms with Crippen LogP contribution < -0.4 is 29.6 Å². The Labute approximate surface area is 232 Å². The average Bonchev–Trinajstić information content (AvgIpc) is 3.35. The van der Waals surface area contributed by atoms with Gasteiger partial charge in [0.1, 0.15) is 5.75 Å². The molecule has 0 saturated carbocycles. The van der Waals surface area contributed by atoms with Crippen LogP contribution in [0.5, 0.6) is 23.5 Å². The number of anilines is 2. The molecule has 1 N–H and O–H groups in total. The predicted molar refractivity (Wildman–Crippen MR) is 157 cm³/mol. The maximum Gasteiger partial charge on any atom is 0.291 e. The molecule has 212 valence electrons. The third-order valence-corrected chi connectivity index (χ3v) is 8.16. The molecule has 0 atom stereocenters. The fraction of sp³-hybridized carbons (Fsp3) is 0.464. The van der Waals surface area contributed by atoms with Crippen molar-refractivity contribution in [2.45, 2.75) is 39.9 Å². The van der Waals surface area contributed by atoms with Gasteiger partial charge in [0.25, 0.3) is 11.9 Å². The summed E-state index contributed by atoms with van der Waals surface area (Å²) in [5.41, 5.74) is 1.20. The Kier molecular flexibility index (Phi) is 9.98. The van der Waals surface area contributed by atoms with Crippen LogP contribution in [-0.2, 0) is 0 Å². The molecular formula is C28H41N5O5Si. The highest BCUT2D eigenvalue weighted by molar-refractivity contribution is 6.88. The maximum atomic E-state index is 13.1. The Morgan fingerprint density at radius 3 is 2.23 bits per heavy atom. The van der Waals surface area contributed by atoms with Gasteiger partial charge in [-0.05, 0) is 45.1 Å². The molecule has 2 aromatic heterocycles. The summed E-state index contributed by atoms with van der Waals surface area (Å²) in [7, 11) is 5.48. The van der Waals surface area contributed by atoms with Crippen LogP contribution in [0.1, 0.15) is 29.5 Å². The monoisotopic (exact) mass is 555 g/mol. The van der Waals surface area contributed by atoms with Gasteiger partial charge < -0.3 is 33.7 Å². The zero-order valence-corrected chi connectivity index (χ0v) is 25.5. The van der Waals surface area contributed by atoms with Crippen molar-refractivity contribution in [3.8, 4) is 23.5 Å². The van der Waals surface area contributed by atoms with E-state index < -0.39 is 14.0 Å². The van der Waals surface area contributed by atoms with Gasteiger partial charge in [-0.2, -0.15) is 9.97 Å².